The molecule has 0 unspecified atom stereocenters. The molecular formula is C47H76N10O14. The highest BCUT2D eigenvalue weighted by Crippen LogP contribution is 2.15. The fraction of sp³-hybridized carbons (Fsp3) is 0.638. The molecule has 0 radical (unpaired) electrons. The van der Waals surface area contributed by atoms with Crippen LogP contribution in [0, 0.1) is 17.8 Å². The maximum atomic E-state index is 14.2. The fourth-order valence-corrected chi connectivity index (χ4v) is 7.13. The average molecular weight is 1010 g/mol. The Kier molecular flexibility index (Phi) is 28.3. The Hall–Kier alpha value is -6.69. The van der Waals surface area contributed by atoms with E-state index >= 15 is 0 Å². The highest BCUT2D eigenvalue weighted by molar-refractivity contribution is 5.99. The number of aliphatic carboxylic acids is 3. The molecule has 0 aliphatic heterocycles. The quantitative estimate of drug-likeness (QED) is 0.0359. The van der Waals surface area contributed by atoms with Gasteiger partial charge in [0.2, 0.25) is 47.3 Å². The lowest BCUT2D eigenvalue weighted by atomic mass is 9.94. The molecule has 1 rings (SSSR count). The third-order valence-corrected chi connectivity index (χ3v) is 11.7. The number of nitrogens with one attached hydrogen (secondary N) is 7. The molecule has 71 heavy (non-hydrogen) atoms. The van der Waals surface area contributed by atoms with E-state index in [-0.39, 0.29) is 38.1 Å². The molecule has 24 heteroatoms. The highest BCUT2D eigenvalue weighted by Gasteiger charge is 2.37. The smallest absolute Gasteiger partial charge is 0.326 e. The molecule has 1 aromatic rings. The Balaban J connectivity index is 3.59. The molecule has 24 nitrogen and oxygen atoms in total. The number of nitrogens with two attached hydrogens (primary N) is 3. The van der Waals surface area contributed by atoms with E-state index in [2.05, 4.69) is 37.2 Å². The zero-order valence-corrected chi connectivity index (χ0v) is 41.5. The molecule has 8 amide bonds. The van der Waals surface area contributed by atoms with Gasteiger partial charge in [0.1, 0.15) is 42.3 Å². The van der Waals surface area contributed by atoms with Crippen molar-refractivity contribution in [2.45, 2.75) is 167 Å². The van der Waals surface area contributed by atoms with Crippen molar-refractivity contribution in [3.8, 4) is 0 Å². The van der Waals surface area contributed by atoms with E-state index in [0.29, 0.717) is 31.2 Å². The number of carboxylic acids is 3. The van der Waals surface area contributed by atoms with Gasteiger partial charge < -0.3 is 69.7 Å². The summed E-state index contributed by atoms with van der Waals surface area (Å²) in [4.78, 5) is 144. The Morgan fingerprint density at radius 1 is 0.535 bits per heavy atom. The fourth-order valence-electron chi connectivity index (χ4n) is 7.13. The van der Waals surface area contributed by atoms with Crippen LogP contribution in [0.1, 0.15) is 118 Å². The van der Waals surface area contributed by atoms with Crippen molar-refractivity contribution >= 4 is 65.2 Å². The van der Waals surface area contributed by atoms with Crippen LogP contribution in [0.25, 0.3) is 0 Å². The van der Waals surface area contributed by atoms with E-state index in [0.717, 1.165) is 0 Å². The monoisotopic (exact) mass is 1000 g/mol. The van der Waals surface area contributed by atoms with Crippen LogP contribution in [-0.4, -0.2) is 135 Å². The first-order valence-corrected chi connectivity index (χ1v) is 23.9. The van der Waals surface area contributed by atoms with E-state index in [9.17, 15) is 63.0 Å². The molecule has 10 atom stereocenters. The van der Waals surface area contributed by atoms with Crippen LogP contribution in [0.3, 0.4) is 0 Å². The van der Waals surface area contributed by atoms with Crippen molar-refractivity contribution < 1.29 is 68.1 Å². The average Bonchev–Trinajstić information content (AvgIpc) is 3.30. The van der Waals surface area contributed by atoms with Gasteiger partial charge in [-0.25, -0.2) is 4.79 Å². The number of rotatable bonds is 35. The molecule has 398 valence electrons. The lowest BCUT2D eigenvalue weighted by Crippen LogP contribution is -2.62. The third kappa shape index (κ3) is 23.7. The van der Waals surface area contributed by atoms with E-state index in [1.165, 1.54) is 0 Å². The van der Waals surface area contributed by atoms with Crippen LogP contribution < -0.4 is 54.4 Å². The number of hydrogen-bond acceptors (Lipinski definition) is 13. The van der Waals surface area contributed by atoms with Crippen LogP contribution >= 0.6 is 0 Å². The topological polar surface area (TPSA) is 411 Å². The predicted molar refractivity (Wildman–Crippen MR) is 258 cm³/mol. The number of carboxylic acid groups (broad SMARTS) is 3. The number of benzene rings is 1. The van der Waals surface area contributed by atoms with Crippen LogP contribution in [0.4, 0.5) is 0 Å². The van der Waals surface area contributed by atoms with Gasteiger partial charge in [0.25, 0.3) is 0 Å². The Morgan fingerprint density at radius 3 is 1.45 bits per heavy atom. The minimum Gasteiger partial charge on any atom is -0.481 e. The molecule has 0 saturated heterocycles. The van der Waals surface area contributed by atoms with Gasteiger partial charge in [0.15, 0.2) is 0 Å². The van der Waals surface area contributed by atoms with Gasteiger partial charge in [-0.05, 0) is 68.4 Å². The second kappa shape index (κ2) is 32.2. The first-order valence-electron chi connectivity index (χ1n) is 23.9. The van der Waals surface area contributed by atoms with Gasteiger partial charge in [-0.3, -0.25) is 47.9 Å². The lowest BCUT2D eigenvalue weighted by molar-refractivity contribution is -0.143. The van der Waals surface area contributed by atoms with Gasteiger partial charge in [0.05, 0.1) is 12.5 Å². The number of carbonyl (C=O) groups is 11. The molecule has 0 bridgehead atoms. The SMILES string of the molecule is CC[C@H](C)[C@H](NC(=O)[C@@H](NC(=O)[C@@H](N)CCC(=O)O)[C@@H](C)CC)C(=O)N[C@@H](CC(N)=O)C(=O)N[C@H](Cc1ccccc1)C(=O)N[C@@H](CCC(=O)O)C(=O)N[C@@H](CCCCN)C(=O)N[C@@H](CC(C)C)C(=O)O. The first kappa shape index (κ1) is 62.3. The molecule has 0 saturated carbocycles. The Morgan fingerprint density at radius 2 is 0.972 bits per heavy atom. The summed E-state index contributed by atoms with van der Waals surface area (Å²) < 4.78 is 0. The van der Waals surface area contributed by atoms with Crippen LogP contribution in [0.5, 0.6) is 0 Å². The maximum absolute atomic E-state index is 14.2. The van der Waals surface area contributed by atoms with Crippen molar-refractivity contribution in [1.29, 1.82) is 0 Å². The van der Waals surface area contributed by atoms with Crippen molar-refractivity contribution in [2.75, 3.05) is 6.54 Å². The minimum absolute atomic E-state index is 0.00349. The third-order valence-electron chi connectivity index (χ3n) is 11.7. The van der Waals surface area contributed by atoms with Gasteiger partial charge in [-0.1, -0.05) is 84.7 Å². The summed E-state index contributed by atoms with van der Waals surface area (Å²) in [5.41, 5.74) is 17.5. The molecule has 1 aromatic carbocycles. The zero-order valence-electron chi connectivity index (χ0n) is 41.5. The minimum atomic E-state index is -1.75. The Labute approximate surface area is 413 Å². The molecule has 0 aromatic heterocycles. The normalized spacial score (nSPS) is 15.3. The molecule has 0 aliphatic rings. The van der Waals surface area contributed by atoms with Gasteiger partial charge in [-0.15, -0.1) is 0 Å². The number of unbranched alkanes of at least 4 members (excludes halogenated alkanes) is 1. The summed E-state index contributed by atoms with van der Waals surface area (Å²) in [6.07, 6.45) is -1.26. The Bertz CT molecular complexity index is 1970. The molecule has 0 aliphatic carbocycles. The van der Waals surface area contributed by atoms with Gasteiger partial charge in [0, 0.05) is 19.3 Å². The second-order valence-electron chi connectivity index (χ2n) is 18.1. The second-order valence-corrected chi connectivity index (χ2v) is 18.1. The van der Waals surface area contributed by atoms with Gasteiger partial charge >= 0.3 is 17.9 Å². The number of hydrogen-bond donors (Lipinski definition) is 13. The summed E-state index contributed by atoms with van der Waals surface area (Å²) in [5, 5.41) is 45.9. The van der Waals surface area contributed by atoms with Crippen molar-refractivity contribution in [2.24, 2.45) is 35.0 Å². The van der Waals surface area contributed by atoms with E-state index in [4.69, 9.17) is 22.3 Å². The highest BCUT2D eigenvalue weighted by atomic mass is 16.4. The number of primary amides is 1. The molecule has 0 fully saturated rings. The molecule has 0 spiro atoms. The molecular weight excluding hydrogens is 929 g/mol. The summed E-state index contributed by atoms with van der Waals surface area (Å²) in [5.74, 6) is -12.6. The van der Waals surface area contributed by atoms with E-state index in [1.807, 2.05) is 0 Å². The summed E-state index contributed by atoms with van der Waals surface area (Å²) in [7, 11) is 0. The van der Waals surface area contributed by atoms with Crippen molar-refractivity contribution in [1.82, 2.24) is 37.2 Å². The molecule has 0 heterocycles. The standard InChI is InChI=1S/C47H76N10O14/c1-7-26(5)38(57-46(69)39(27(6)8-2)56-40(63)29(49)17-19-36(59)60)45(68)54-33(24-35(50)58)44(67)53-32(23-28-14-10-9-11-15-28)43(66)52-31(18-20-37(61)62)42(65)51-30(16-12-13-21-48)41(64)55-34(47(70)71)22-25(3)4/h9-11,14-15,25-27,29-34,38-39H,7-8,12-13,16-24,48-49H2,1-6H3,(H2,50,58)(H,51,65)(H,52,66)(H,53,67)(H,54,68)(H,55,64)(H,56,63)(H,57,69)(H,59,60)(H,61,62)(H,70,71)/t26-,27-,29-,30-,31-,32+,33-,34-,38-,39-/m0/s1. The zero-order chi connectivity index (χ0) is 54.0. The van der Waals surface area contributed by atoms with E-state index in [1.54, 1.807) is 71.9 Å². The molecule has 16 N–H and O–H groups in total. The van der Waals surface area contributed by atoms with Crippen LogP contribution in [-0.2, 0) is 59.2 Å². The van der Waals surface area contributed by atoms with Crippen LogP contribution in [0.2, 0.25) is 0 Å². The lowest BCUT2D eigenvalue weighted by Gasteiger charge is -2.30. The number of carbonyl (C=O) groups excluding carboxylic acids is 8. The van der Waals surface area contributed by atoms with Gasteiger partial charge in [-0.2, -0.15) is 0 Å². The predicted octanol–water partition coefficient (Wildman–Crippen LogP) is -1.09. The number of amides is 8. The van der Waals surface area contributed by atoms with Crippen molar-refractivity contribution in [3.63, 3.8) is 0 Å². The summed E-state index contributed by atoms with van der Waals surface area (Å²) in [6, 6.07) is -3.23. The summed E-state index contributed by atoms with van der Waals surface area (Å²) in [6.45, 7) is 10.5. The van der Waals surface area contributed by atoms with Crippen LogP contribution in [0.15, 0.2) is 30.3 Å². The van der Waals surface area contributed by atoms with E-state index < -0.39 is 151 Å². The first-order chi connectivity index (χ1) is 33.3. The largest absolute Gasteiger partial charge is 0.481 e. The maximum Gasteiger partial charge on any atom is 0.326 e. The summed E-state index contributed by atoms with van der Waals surface area (Å²) >= 11 is 0. The van der Waals surface area contributed by atoms with Crippen molar-refractivity contribution in [3.05, 3.63) is 35.9 Å².